The summed E-state index contributed by atoms with van der Waals surface area (Å²) in [5, 5.41) is 3.35. The molecule has 0 saturated heterocycles. The number of hydrogen-bond donors (Lipinski definition) is 2. The molecule has 0 spiro atoms. The Bertz CT molecular complexity index is 580. The number of fused-ring (bicyclic) bond motifs is 1. The Hall–Kier alpha value is -1.43. The fraction of sp³-hybridized carbons (Fsp3) is 0.100. The number of nitrogens with one attached hydrogen (secondary N) is 1. The maximum atomic E-state index is 11.7. The molecular formula is C10H10BBrN2O2. The molecule has 1 aromatic heterocycles. The largest absolute Gasteiger partial charge is 0.471 e. The number of halogens is 1. The number of amides is 1. The molecule has 1 amide bonds. The van der Waals surface area contributed by atoms with Gasteiger partial charge in [-0.3, -0.25) is 4.79 Å². The zero-order chi connectivity index (χ0) is 11.9. The summed E-state index contributed by atoms with van der Waals surface area (Å²) >= 11 is 3.33. The van der Waals surface area contributed by atoms with E-state index in [9.17, 15) is 4.79 Å². The summed E-state index contributed by atoms with van der Waals surface area (Å²) in [6.07, 6.45) is 0. The summed E-state index contributed by atoms with van der Waals surface area (Å²) in [4.78, 5) is 11.7. The Morgan fingerprint density at radius 2 is 2.25 bits per heavy atom. The maximum Gasteiger partial charge on any atom is 0.254 e. The molecule has 82 valence electrons. The Morgan fingerprint density at radius 3 is 2.88 bits per heavy atom. The van der Waals surface area contributed by atoms with Crippen molar-refractivity contribution in [3.8, 4) is 0 Å². The Kier molecular flexibility index (Phi) is 2.67. The van der Waals surface area contributed by atoms with Crippen molar-refractivity contribution >= 4 is 52.0 Å². The predicted octanol–water partition coefficient (Wildman–Crippen LogP) is 0.395. The van der Waals surface area contributed by atoms with Crippen molar-refractivity contribution in [2.75, 3.05) is 12.8 Å². The van der Waals surface area contributed by atoms with E-state index in [1.165, 1.54) is 0 Å². The summed E-state index contributed by atoms with van der Waals surface area (Å²) in [5.41, 5.74) is 8.10. The van der Waals surface area contributed by atoms with E-state index in [0.717, 1.165) is 9.86 Å². The van der Waals surface area contributed by atoms with Crippen LogP contribution in [0.25, 0.3) is 11.0 Å². The first kappa shape index (κ1) is 11.1. The van der Waals surface area contributed by atoms with E-state index in [4.69, 9.17) is 10.2 Å². The van der Waals surface area contributed by atoms with Crippen molar-refractivity contribution in [2.45, 2.75) is 0 Å². The molecule has 0 saturated carbocycles. The minimum Gasteiger partial charge on any atom is -0.471 e. The van der Waals surface area contributed by atoms with Gasteiger partial charge in [0, 0.05) is 28.7 Å². The van der Waals surface area contributed by atoms with Crippen LogP contribution in [0, 0.1) is 0 Å². The van der Waals surface area contributed by atoms with Gasteiger partial charge in [-0.15, -0.1) is 0 Å². The van der Waals surface area contributed by atoms with Crippen molar-refractivity contribution in [1.82, 2.24) is 5.32 Å². The molecule has 16 heavy (non-hydrogen) atoms. The molecule has 1 aromatic carbocycles. The van der Waals surface area contributed by atoms with Crippen LogP contribution < -0.4 is 16.7 Å². The maximum absolute atomic E-state index is 11.7. The van der Waals surface area contributed by atoms with Gasteiger partial charge in [0.1, 0.15) is 5.58 Å². The van der Waals surface area contributed by atoms with Crippen molar-refractivity contribution in [3.05, 3.63) is 22.2 Å². The molecule has 0 fully saturated rings. The summed E-state index contributed by atoms with van der Waals surface area (Å²) < 4.78 is 6.25. The molecule has 4 nitrogen and oxygen atoms in total. The topological polar surface area (TPSA) is 68.3 Å². The van der Waals surface area contributed by atoms with Crippen LogP contribution in [0.2, 0.25) is 0 Å². The Balaban J connectivity index is 2.79. The van der Waals surface area contributed by atoms with Gasteiger partial charge >= 0.3 is 0 Å². The molecular weight excluding hydrogens is 271 g/mol. The normalized spacial score (nSPS) is 10.6. The molecule has 2 aromatic rings. The Labute approximate surface area is 102 Å². The molecule has 0 aliphatic rings. The minimum absolute atomic E-state index is 0.159. The van der Waals surface area contributed by atoms with Gasteiger partial charge in [0.25, 0.3) is 5.91 Å². The Morgan fingerprint density at radius 1 is 1.56 bits per heavy atom. The fourth-order valence-electron chi connectivity index (χ4n) is 1.66. The third kappa shape index (κ3) is 1.59. The van der Waals surface area contributed by atoms with E-state index >= 15 is 0 Å². The van der Waals surface area contributed by atoms with Crippen LogP contribution in [0.15, 0.2) is 21.0 Å². The highest BCUT2D eigenvalue weighted by Gasteiger charge is 2.17. The second-order valence-electron chi connectivity index (χ2n) is 3.48. The lowest BCUT2D eigenvalue weighted by Crippen LogP contribution is -2.23. The standard InChI is InChI=1S/C10H10BBrN2O2/c1-14-10(15)8-4-2-5(12)6(13)3-7(4)16-9(8)11/h2-3H,11,13H2,1H3,(H,14,15). The average molecular weight is 281 g/mol. The van der Waals surface area contributed by atoms with E-state index < -0.39 is 0 Å². The van der Waals surface area contributed by atoms with Gasteiger partial charge in [-0.2, -0.15) is 0 Å². The SMILES string of the molecule is Bc1oc2cc(N)c(Br)cc2c1C(=O)NC. The highest BCUT2D eigenvalue weighted by Crippen LogP contribution is 2.28. The lowest BCUT2D eigenvalue weighted by atomic mass is 9.98. The monoisotopic (exact) mass is 280 g/mol. The molecule has 0 atom stereocenters. The number of hydrogen-bond acceptors (Lipinski definition) is 3. The van der Waals surface area contributed by atoms with E-state index in [1.54, 1.807) is 27.0 Å². The second kappa shape index (κ2) is 3.86. The molecule has 0 unspecified atom stereocenters. The van der Waals surface area contributed by atoms with Gasteiger partial charge in [-0.05, 0) is 22.0 Å². The van der Waals surface area contributed by atoms with Crippen LogP contribution >= 0.6 is 15.9 Å². The summed E-state index contributed by atoms with van der Waals surface area (Å²) in [5.74, 6) is -0.159. The van der Waals surface area contributed by atoms with Crippen molar-refractivity contribution in [3.63, 3.8) is 0 Å². The highest BCUT2D eigenvalue weighted by atomic mass is 79.9. The molecule has 0 aliphatic heterocycles. The number of rotatable bonds is 1. The van der Waals surface area contributed by atoms with Gasteiger partial charge in [0.05, 0.1) is 11.2 Å². The fourth-order valence-corrected chi connectivity index (χ4v) is 2.01. The number of nitrogen functional groups attached to an aromatic ring is 1. The van der Waals surface area contributed by atoms with Gasteiger partial charge < -0.3 is 15.5 Å². The van der Waals surface area contributed by atoms with Crippen molar-refractivity contribution < 1.29 is 9.21 Å². The second-order valence-corrected chi connectivity index (χ2v) is 4.34. The number of carbonyl (C=O) groups is 1. The summed E-state index contributed by atoms with van der Waals surface area (Å²) in [6.45, 7) is 0. The smallest absolute Gasteiger partial charge is 0.254 e. The van der Waals surface area contributed by atoms with E-state index in [2.05, 4.69) is 21.2 Å². The van der Waals surface area contributed by atoms with Crippen LogP contribution in [0.3, 0.4) is 0 Å². The molecule has 6 heteroatoms. The van der Waals surface area contributed by atoms with Gasteiger partial charge in [-0.25, -0.2) is 0 Å². The predicted molar refractivity (Wildman–Crippen MR) is 69.9 cm³/mol. The van der Waals surface area contributed by atoms with Crippen LogP contribution in [0.1, 0.15) is 10.4 Å². The summed E-state index contributed by atoms with van der Waals surface area (Å²) in [7, 11) is 3.35. The molecule has 1 heterocycles. The number of carbonyl (C=O) groups excluding carboxylic acids is 1. The zero-order valence-electron chi connectivity index (χ0n) is 8.93. The minimum atomic E-state index is -0.159. The first-order valence-electron chi connectivity index (χ1n) is 4.74. The third-order valence-corrected chi connectivity index (χ3v) is 3.12. The molecule has 0 bridgehead atoms. The van der Waals surface area contributed by atoms with Crippen molar-refractivity contribution in [2.24, 2.45) is 0 Å². The lowest BCUT2D eigenvalue weighted by molar-refractivity contribution is 0.0965. The van der Waals surface area contributed by atoms with Gasteiger partial charge in [0.15, 0.2) is 7.85 Å². The lowest BCUT2D eigenvalue weighted by Gasteiger charge is -2.00. The van der Waals surface area contributed by atoms with Gasteiger partial charge in [-0.1, -0.05) is 0 Å². The molecule has 0 aliphatic carbocycles. The molecule has 3 N–H and O–H groups in total. The van der Waals surface area contributed by atoms with E-state index in [0.29, 0.717) is 22.5 Å². The number of furan rings is 1. The third-order valence-electron chi connectivity index (χ3n) is 2.44. The van der Waals surface area contributed by atoms with E-state index in [-0.39, 0.29) is 5.91 Å². The first-order chi connectivity index (χ1) is 7.54. The van der Waals surface area contributed by atoms with Crippen molar-refractivity contribution in [1.29, 1.82) is 0 Å². The van der Waals surface area contributed by atoms with Gasteiger partial charge in [0.2, 0.25) is 0 Å². The highest BCUT2D eigenvalue weighted by molar-refractivity contribution is 9.10. The van der Waals surface area contributed by atoms with Crippen LogP contribution in [-0.4, -0.2) is 20.8 Å². The molecule has 2 rings (SSSR count). The number of anilines is 1. The quantitative estimate of drug-likeness (QED) is 0.587. The summed E-state index contributed by atoms with van der Waals surface area (Å²) in [6, 6.07) is 3.50. The van der Waals surface area contributed by atoms with E-state index in [1.807, 2.05) is 0 Å². The zero-order valence-corrected chi connectivity index (χ0v) is 10.5. The number of nitrogens with two attached hydrogens (primary N) is 1. The average Bonchev–Trinajstić information content (AvgIpc) is 2.54. The van der Waals surface area contributed by atoms with Crippen LogP contribution in [0.5, 0.6) is 0 Å². The number of benzene rings is 1. The first-order valence-corrected chi connectivity index (χ1v) is 5.54. The van der Waals surface area contributed by atoms with Crippen LogP contribution in [-0.2, 0) is 0 Å². The van der Waals surface area contributed by atoms with Crippen LogP contribution in [0.4, 0.5) is 5.69 Å². The molecule has 0 radical (unpaired) electrons.